The molecule has 3 rings (SSSR count). The second kappa shape index (κ2) is 10.4. The molecular weight excluding hydrogens is 464 g/mol. The van der Waals surface area contributed by atoms with Gasteiger partial charge in [0.25, 0.3) is 11.8 Å². The summed E-state index contributed by atoms with van der Waals surface area (Å²) in [7, 11) is 0. The Morgan fingerprint density at radius 2 is 1.97 bits per heavy atom. The van der Waals surface area contributed by atoms with Crippen molar-refractivity contribution in [1.29, 1.82) is 0 Å². The number of nitrogens with one attached hydrogen (secondary N) is 2. The Balaban J connectivity index is 1.88. The molecule has 2 heterocycles. The Bertz CT molecular complexity index is 970. The van der Waals surface area contributed by atoms with E-state index < -0.39 is 18.1 Å². The summed E-state index contributed by atoms with van der Waals surface area (Å²) in [6.45, 7) is 3.08. The van der Waals surface area contributed by atoms with Gasteiger partial charge in [0.2, 0.25) is 0 Å². The maximum Gasteiger partial charge on any atom is 0.323 e. The normalized spacial score (nSPS) is 16.0. The number of amides is 4. The fraction of sp³-hybridized carbons (Fsp3) is 0.333. The van der Waals surface area contributed by atoms with Crippen molar-refractivity contribution in [3.8, 4) is 0 Å². The summed E-state index contributed by atoms with van der Waals surface area (Å²) in [5.74, 6) is -0.837. The fourth-order valence-electron chi connectivity index (χ4n) is 3.43. The van der Waals surface area contributed by atoms with E-state index in [0.29, 0.717) is 35.2 Å². The maximum atomic E-state index is 13.2. The van der Waals surface area contributed by atoms with Crippen molar-refractivity contribution in [3.05, 3.63) is 58.3 Å². The van der Waals surface area contributed by atoms with Crippen LogP contribution in [0.25, 0.3) is 0 Å². The molecule has 1 fully saturated rings. The second-order valence-electron chi connectivity index (χ2n) is 7.19. The molecule has 1 aromatic carbocycles. The first-order valence-electron chi connectivity index (χ1n) is 9.94. The molecule has 31 heavy (non-hydrogen) atoms. The number of nitrogens with two attached hydrogens (primary N) is 1. The van der Waals surface area contributed by atoms with Gasteiger partial charge in [-0.05, 0) is 53.0 Å². The third-order valence-corrected chi connectivity index (χ3v) is 5.24. The molecule has 0 saturated carbocycles. The minimum Gasteiger partial charge on any atom is -0.351 e. The highest BCUT2D eigenvalue weighted by atomic mass is 79.9. The minimum absolute atomic E-state index is 0.239. The minimum atomic E-state index is -1.10. The monoisotopic (exact) mass is 488 g/mol. The molecule has 1 aliphatic heterocycles. The Morgan fingerprint density at radius 1 is 1.19 bits per heavy atom. The van der Waals surface area contributed by atoms with Crippen LogP contribution in [0.5, 0.6) is 0 Å². The molecule has 1 saturated heterocycles. The average Bonchev–Trinajstić information content (AvgIpc) is 2.76. The maximum absolute atomic E-state index is 13.2. The van der Waals surface area contributed by atoms with E-state index in [0.717, 1.165) is 5.56 Å². The van der Waals surface area contributed by atoms with Crippen LogP contribution in [0.2, 0.25) is 0 Å². The number of nitrogens with zero attached hydrogens (tertiary/aromatic N) is 3. The lowest BCUT2D eigenvalue weighted by Gasteiger charge is -2.42. The first kappa shape index (κ1) is 22.7. The molecule has 4 N–H and O–H groups in total. The molecule has 1 aliphatic rings. The predicted molar refractivity (Wildman–Crippen MR) is 120 cm³/mol. The van der Waals surface area contributed by atoms with Gasteiger partial charge in [0.1, 0.15) is 0 Å². The highest BCUT2D eigenvalue weighted by Crippen LogP contribution is 2.21. The Kier molecular flexibility index (Phi) is 7.59. The zero-order valence-electron chi connectivity index (χ0n) is 17.2. The highest BCUT2D eigenvalue weighted by Gasteiger charge is 2.40. The van der Waals surface area contributed by atoms with Gasteiger partial charge in [0.15, 0.2) is 6.17 Å². The van der Waals surface area contributed by atoms with Crippen LogP contribution in [-0.2, 0) is 4.79 Å². The third-order valence-electron chi connectivity index (χ3n) is 4.81. The van der Waals surface area contributed by atoms with Crippen LogP contribution in [0, 0.1) is 6.92 Å². The predicted octanol–water partition coefficient (Wildman–Crippen LogP) is 1.93. The number of urea groups is 1. The molecule has 10 heteroatoms. The van der Waals surface area contributed by atoms with Crippen molar-refractivity contribution in [2.75, 3.05) is 31.5 Å². The molecular formula is C21H25BrN6O3. The first-order chi connectivity index (χ1) is 14.9. The molecule has 1 unspecified atom stereocenters. The van der Waals surface area contributed by atoms with Gasteiger partial charge >= 0.3 is 6.03 Å². The van der Waals surface area contributed by atoms with Gasteiger partial charge in [0.05, 0.1) is 5.56 Å². The van der Waals surface area contributed by atoms with E-state index >= 15 is 0 Å². The van der Waals surface area contributed by atoms with Gasteiger partial charge < -0.3 is 21.3 Å². The van der Waals surface area contributed by atoms with Crippen LogP contribution < -0.4 is 16.4 Å². The van der Waals surface area contributed by atoms with Gasteiger partial charge in [-0.3, -0.25) is 19.5 Å². The number of anilines is 1. The van der Waals surface area contributed by atoms with Crippen LogP contribution >= 0.6 is 15.9 Å². The number of pyridine rings is 1. The van der Waals surface area contributed by atoms with E-state index in [1.165, 1.54) is 16.0 Å². The van der Waals surface area contributed by atoms with E-state index in [1.807, 2.05) is 25.1 Å². The van der Waals surface area contributed by atoms with Crippen molar-refractivity contribution in [2.45, 2.75) is 19.5 Å². The number of halogens is 1. The lowest BCUT2D eigenvalue weighted by atomic mass is 10.1. The number of hydrogen-bond acceptors (Lipinski definition) is 5. The fourth-order valence-corrected chi connectivity index (χ4v) is 3.80. The van der Waals surface area contributed by atoms with E-state index in [1.54, 1.807) is 18.3 Å². The number of carbonyl (C=O) groups excluding carboxylic acids is 3. The molecule has 0 aliphatic carbocycles. The summed E-state index contributed by atoms with van der Waals surface area (Å²) in [5, 5.41) is 5.53. The van der Waals surface area contributed by atoms with Gasteiger partial charge in [-0.2, -0.15) is 0 Å². The number of benzene rings is 1. The quantitative estimate of drug-likeness (QED) is 0.593. The zero-order chi connectivity index (χ0) is 22.4. The second-order valence-corrected chi connectivity index (χ2v) is 8.11. The number of hydrogen-bond donors (Lipinski definition) is 3. The lowest BCUT2D eigenvalue weighted by molar-refractivity contribution is -0.132. The zero-order valence-corrected chi connectivity index (χ0v) is 18.8. The molecule has 1 aromatic heterocycles. The van der Waals surface area contributed by atoms with Crippen molar-refractivity contribution in [3.63, 3.8) is 0 Å². The lowest BCUT2D eigenvalue weighted by Crippen LogP contribution is -2.64. The Morgan fingerprint density at radius 3 is 2.68 bits per heavy atom. The van der Waals surface area contributed by atoms with E-state index in [4.69, 9.17) is 5.73 Å². The summed E-state index contributed by atoms with van der Waals surface area (Å²) in [4.78, 5) is 46.1. The molecule has 2 aromatic rings. The molecule has 4 amide bonds. The van der Waals surface area contributed by atoms with Crippen molar-refractivity contribution in [1.82, 2.24) is 20.1 Å². The molecule has 164 valence electrons. The third kappa shape index (κ3) is 5.59. The van der Waals surface area contributed by atoms with Gasteiger partial charge in [-0.15, -0.1) is 0 Å². The van der Waals surface area contributed by atoms with Gasteiger partial charge in [0, 0.05) is 48.7 Å². The summed E-state index contributed by atoms with van der Waals surface area (Å²) >= 11 is 3.31. The smallest absolute Gasteiger partial charge is 0.323 e. The first-order valence-corrected chi connectivity index (χ1v) is 10.7. The van der Waals surface area contributed by atoms with Crippen LogP contribution in [0.4, 0.5) is 10.5 Å². The average molecular weight is 489 g/mol. The number of aromatic nitrogens is 1. The van der Waals surface area contributed by atoms with Crippen molar-refractivity contribution < 1.29 is 14.4 Å². The Labute approximate surface area is 189 Å². The summed E-state index contributed by atoms with van der Waals surface area (Å²) in [6.07, 6.45) is 2.44. The largest absolute Gasteiger partial charge is 0.351 e. The van der Waals surface area contributed by atoms with Crippen molar-refractivity contribution >= 4 is 39.5 Å². The molecule has 0 spiro atoms. The highest BCUT2D eigenvalue weighted by molar-refractivity contribution is 9.10. The number of carbonyl (C=O) groups is 3. The molecule has 0 bridgehead atoms. The topological polar surface area (TPSA) is 121 Å². The standard InChI is InChI=1S/C21H25BrN6O3/c1-14-4-2-5-17(10-14)26-21(31)28-9-3-8-27(19(28)18(29)25-7-6-23)20(30)15-11-16(22)13-24-12-15/h2,4-5,10-13,19H,3,6-9,23H2,1H3,(H,25,29)(H,26,31). The molecule has 0 radical (unpaired) electrons. The van der Waals surface area contributed by atoms with Crippen LogP contribution in [0.1, 0.15) is 22.3 Å². The van der Waals surface area contributed by atoms with Crippen LogP contribution in [0.3, 0.4) is 0 Å². The molecule has 1 atom stereocenters. The van der Waals surface area contributed by atoms with Gasteiger partial charge in [-0.1, -0.05) is 12.1 Å². The van der Waals surface area contributed by atoms with Crippen molar-refractivity contribution in [2.24, 2.45) is 5.73 Å². The van der Waals surface area contributed by atoms with Crippen LogP contribution in [-0.4, -0.2) is 65.0 Å². The Hall–Kier alpha value is -2.98. The molecule has 9 nitrogen and oxygen atoms in total. The number of rotatable bonds is 5. The van der Waals surface area contributed by atoms with E-state index in [2.05, 4.69) is 31.5 Å². The summed E-state index contributed by atoms with van der Waals surface area (Å²) in [5.41, 5.74) is 7.45. The van der Waals surface area contributed by atoms with Crippen LogP contribution in [0.15, 0.2) is 47.2 Å². The SMILES string of the molecule is Cc1cccc(NC(=O)N2CCCN(C(=O)c3cncc(Br)c3)C2C(=O)NCCN)c1. The van der Waals surface area contributed by atoms with E-state index in [-0.39, 0.29) is 19.0 Å². The van der Waals surface area contributed by atoms with Gasteiger partial charge in [-0.25, -0.2) is 4.79 Å². The summed E-state index contributed by atoms with van der Waals surface area (Å²) in [6, 6.07) is 8.55. The van der Waals surface area contributed by atoms with E-state index in [9.17, 15) is 14.4 Å². The summed E-state index contributed by atoms with van der Waals surface area (Å²) < 4.78 is 0.647. The number of aryl methyl sites for hydroxylation is 1.